The van der Waals surface area contributed by atoms with Crippen molar-refractivity contribution < 1.29 is 88.9 Å². The second-order valence-electron chi connectivity index (χ2n) is 37.0. The van der Waals surface area contributed by atoms with E-state index in [1.807, 2.05) is 20.8 Å². The van der Waals surface area contributed by atoms with Gasteiger partial charge in [-0.1, -0.05) is 87.6 Å². The molecule has 12 aliphatic rings. The number of halogens is 7. The van der Waals surface area contributed by atoms with Crippen molar-refractivity contribution >= 4 is 104 Å². The average Bonchev–Trinajstić information content (AvgIpc) is 1.27. The van der Waals surface area contributed by atoms with Crippen molar-refractivity contribution in [1.82, 2.24) is 72.4 Å². The highest BCUT2D eigenvalue weighted by molar-refractivity contribution is 7.20. The van der Waals surface area contributed by atoms with E-state index in [1.54, 1.807) is 61.6 Å². The standard InChI is InChI=1S/C25H31ClFN3O4.C24H25FN4O4S.C22H26ClFN4O3.C21H23ClFN3O4/c1-15-12-24(30-21(32)19-13-34-22(28-19)23(2,3)4)7-9-25(15,10-8-24)29-20(31)14-33-16-5-6-17(26)18(27)11-16;1-14-2-3-15(10-16(14)25)33-13-20(31)28-24-6-4-23(5-7-24,12-19(24)30)29-21(32)18-11-17-22(34-18)27-9-8-26-17;1-14-10-21(27-20(30)15-11-25-28(2)12-15)5-7-22(14,8-6-21)26-19(29)13-31-16-3-4-17(23)18(24)9-16;1-13-11-20(26-19(28)17-4-9-24-30-17)5-7-21(13,8-6-20)25-18(27)12-29-14-2-3-15(22)16(23)10-14/h5-6,11,13,15H,7-10,12,14H2,1-4H3,(H,29,31)(H,30,32);2-3,8-11,19,30H,4-7,12-13H2,1H3,(H,28,31)(H,29,32);3-4,9,11-12,14H,5-8,10,13H2,1-2H3,(H,26,29)(H,27,30);2-4,9-10,13H,5-8,11-12H2,1H3,(H,25,27)(H,26,28). The molecule has 5 heterocycles. The second-order valence-corrected chi connectivity index (χ2v) is 39.3. The fourth-order valence-corrected chi connectivity index (χ4v) is 21.0. The number of hydrogen-bond donors (Lipinski definition) is 9. The first-order valence-corrected chi connectivity index (χ1v) is 45.1. The average molecular weight is 1860 g/mol. The number of rotatable bonds is 24. The zero-order valence-electron chi connectivity index (χ0n) is 72.7. The third-order valence-electron chi connectivity index (χ3n) is 27.3. The first kappa shape index (κ1) is 94.2. The fourth-order valence-electron chi connectivity index (χ4n) is 19.8. The van der Waals surface area contributed by atoms with Crippen molar-refractivity contribution in [3.63, 3.8) is 0 Å². The van der Waals surface area contributed by atoms with Crippen molar-refractivity contribution in [2.75, 3.05) is 26.4 Å². The number of aliphatic hydroxyl groups is 1. The van der Waals surface area contributed by atoms with Crippen LogP contribution < -0.4 is 61.5 Å². The summed E-state index contributed by atoms with van der Waals surface area (Å²) in [5.41, 5.74) is -1.38. The smallest absolute Gasteiger partial charge is 0.290 e. The van der Waals surface area contributed by atoms with Gasteiger partial charge < -0.3 is 75.5 Å². The summed E-state index contributed by atoms with van der Waals surface area (Å²) in [5, 5.41) is 43.7. The number of ether oxygens (including phenoxy) is 4. The van der Waals surface area contributed by atoms with Crippen LogP contribution in [0, 0.1) is 47.9 Å². The number of aryl methyl sites for hydroxylation is 2. The van der Waals surface area contributed by atoms with Gasteiger partial charge >= 0.3 is 0 Å². The van der Waals surface area contributed by atoms with Crippen LogP contribution in [0.5, 0.6) is 23.0 Å². The maximum Gasteiger partial charge on any atom is 0.290 e. The van der Waals surface area contributed by atoms with Gasteiger partial charge in [0, 0.05) is 100 Å². The summed E-state index contributed by atoms with van der Waals surface area (Å²) in [4.78, 5) is 115. The zero-order valence-corrected chi connectivity index (χ0v) is 75.8. The van der Waals surface area contributed by atoms with Crippen LogP contribution >= 0.6 is 46.1 Å². The highest BCUT2D eigenvalue weighted by Crippen LogP contribution is 2.54. The van der Waals surface area contributed by atoms with Crippen molar-refractivity contribution in [2.24, 2.45) is 24.8 Å². The zero-order chi connectivity index (χ0) is 92.2. The Morgan fingerprint density at radius 2 is 0.891 bits per heavy atom. The van der Waals surface area contributed by atoms with E-state index in [2.05, 4.69) is 88.5 Å². The number of aliphatic hydroxyl groups excluding tert-OH is 1. The van der Waals surface area contributed by atoms with Crippen LogP contribution in [0.2, 0.25) is 15.1 Å². The van der Waals surface area contributed by atoms with E-state index in [1.165, 1.54) is 72.3 Å². The summed E-state index contributed by atoms with van der Waals surface area (Å²) in [5.74, 6) is -1.80. The lowest BCUT2D eigenvalue weighted by atomic mass is 9.56. The molecule has 129 heavy (non-hydrogen) atoms. The number of aromatic nitrogens is 6. The van der Waals surface area contributed by atoms with Crippen molar-refractivity contribution in [2.45, 2.75) is 233 Å². The largest absolute Gasteiger partial charge is 0.484 e. The number of nitrogens with zero attached hydrogens (tertiary/aromatic N) is 6. The van der Waals surface area contributed by atoms with Gasteiger partial charge in [-0.3, -0.25) is 48.0 Å². The normalized spacial score (nSPS) is 26.6. The van der Waals surface area contributed by atoms with E-state index in [9.17, 15) is 61.0 Å². The summed E-state index contributed by atoms with van der Waals surface area (Å²) in [6.45, 7) is 13.0. The Morgan fingerprint density at radius 1 is 0.496 bits per heavy atom. The molecule has 37 heteroatoms. The van der Waals surface area contributed by atoms with Gasteiger partial charge in [-0.2, -0.15) is 5.10 Å². The van der Waals surface area contributed by atoms with E-state index >= 15 is 0 Å². The number of nitrogens with one attached hydrogen (secondary N) is 8. The Labute approximate surface area is 761 Å². The van der Waals surface area contributed by atoms with Crippen molar-refractivity contribution in [1.29, 1.82) is 0 Å². The quantitative estimate of drug-likeness (QED) is 0.0254. The predicted molar refractivity (Wildman–Crippen MR) is 470 cm³/mol. The van der Waals surface area contributed by atoms with Crippen LogP contribution in [0.4, 0.5) is 17.6 Å². The van der Waals surface area contributed by atoms with E-state index < -0.39 is 40.5 Å². The van der Waals surface area contributed by atoms with Crippen LogP contribution in [0.25, 0.3) is 10.3 Å². The molecular weight excluding hydrogens is 1760 g/mol. The number of oxazole rings is 1. The highest BCUT2D eigenvalue weighted by Gasteiger charge is 2.59. The Kier molecular flexibility index (Phi) is 27.9. The minimum Gasteiger partial charge on any atom is -0.484 e. The molecule has 12 fully saturated rings. The van der Waals surface area contributed by atoms with Gasteiger partial charge in [-0.25, -0.2) is 27.5 Å². The lowest BCUT2D eigenvalue weighted by Gasteiger charge is -2.57. The number of fused-ring (bicyclic) bond motifs is 13. The van der Waals surface area contributed by atoms with Gasteiger partial charge in [0.15, 0.2) is 38.0 Å². The Balaban J connectivity index is 0.000000139. The fraction of sp³-hybridized carbons (Fsp3) is 0.489. The first-order chi connectivity index (χ1) is 61.2. The molecule has 4 atom stereocenters. The second kappa shape index (κ2) is 38.2. The number of carbonyl (C=O) groups is 8. The number of amides is 8. The Hall–Kier alpha value is -10.9. The van der Waals surface area contributed by atoms with E-state index in [0.29, 0.717) is 70.0 Å². The van der Waals surface area contributed by atoms with Gasteiger partial charge in [0.05, 0.1) is 49.5 Å². The van der Waals surface area contributed by atoms with E-state index in [0.717, 1.165) is 115 Å². The molecule has 12 aliphatic carbocycles. The third-order valence-corrected chi connectivity index (χ3v) is 29.3. The lowest BCUT2D eigenvalue weighted by molar-refractivity contribution is -0.132. The molecule has 29 nitrogen and oxygen atoms in total. The molecule has 0 radical (unpaired) electrons. The molecule has 0 spiro atoms. The summed E-state index contributed by atoms with van der Waals surface area (Å²) < 4.78 is 88.1. The van der Waals surface area contributed by atoms with Gasteiger partial charge in [0.2, 0.25) is 5.76 Å². The van der Waals surface area contributed by atoms with Gasteiger partial charge in [-0.05, 0) is 207 Å². The van der Waals surface area contributed by atoms with Gasteiger partial charge in [0.25, 0.3) is 47.3 Å². The first-order valence-electron chi connectivity index (χ1n) is 43.1. The molecule has 8 amide bonds. The molecule has 5 aromatic heterocycles. The maximum absolute atomic E-state index is 13.7. The van der Waals surface area contributed by atoms with Crippen LogP contribution in [-0.2, 0) is 31.6 Å². The van der Waals surface area contributed by atoms with Crippen LogP contribution in [0.3, 0.4) is 0 Å². The van der Waals surface area contributed by atoms with Crippen molar-refractivity contribution in [3.8, 4) is 23.0 Å². The summed E-state index contributed by atoms with van der Waals surface area (Å²) >= 11 is 18.3. The summed E-state index contributed by atoms with van der Waals surface area (Å²) in [7, 11) is 1.78. The molecule has 688 valence electrons. The topological polar surface area (TPSA) is 386 Å². The van der Waals surface area contributed by atoms with Gasteiger partial charge in [0.1, 0.15) is 62.9 Å². The monoisotopic (exact) mass is 1860 g/mol. The van der Waals surface area contributed by atoms with E-state index in [-0.39, 0.29) is 174 Å². The molecule has 0 aliphatic heterocycles. The molecule has 0 saturated heterocycles. The van der Waals surface area contributed by atoms with Crippen LogP contribution in [0.1, 0.15) is 222 Å². The number of carbonyl (C=O) groups excluding carboxylic acids is 8. The molecule has 12 saturated carbocycles. The molecule has 4 unspecified atom stereocenters. The molecular formula is C92H105Cl3F4N14O15S. The summed E-state index contributed by atoms with van der Waals surface area (Å²) in [6, 6.07) is 19.9. The van der Waals surface area contributed by atoms with Crippen LogP contribution in [0.15, 0.2) is 131 Å². The predicted octanol–water partition coefficient (Wildman–Crippen LogP) is 14.4. The number of thiophene rings is 1. The van der Waals surface area contributed by atoms with Crippen LogP contribution in [-0.4, -0.2) is 159 Å². The van der Waals surface area contributed by atoms with E-state index in [4.69, 9.17) is 62.7 Å². The number of hydrogen-bond acceptors (Lipinski definition) is 21. The molecule has 4 aromatic carbocycles. The Bertz CT molecular complexity index is 5610. The highest BCUT2D eigenvalue weighted by atomic mass is 35.5. The molecule has 9 aromatic rings. The minimum absolute atomic E-state index is 0.00250. The molecule has 21 rings (SSSR count). The summed E-state index contributed by atoms with van der Waals surface area (Å²) in [6.07, 6.45) is 22.8. The Morgan fingerprint density at radius 3 is 1.27 bits per heavy atom. The minimum atomic E-state index is -0.804. The lowest BCUT2D eigenvalue weighted by Crippen LogP contribution is -2.70. The molecule has 9 N–H and O–H groups in total. The maximum atomic E-state index is 13.7. The SMILES string of the molecule is CC1CC2(NC(=O)c3ccno3)CCC1(NC(=O)COc1ccc(Cl)c(F)c1)CC2.CC1CC2(NC(=O)c3cnn(C)c3)CCC1(NC(=O)COc1ccc(Cl)c(F)c1)CC2.CC1CC2(NC(=O)c3coc(C(C)(C)C)n3)CCC1(NC(=O)COc1ccc(Cl)c(F)c1)CC2.Cc1ccc(OCC(=O)NC23CCC(NC(=O)c4cc5nccnc5s4)(CC2)CC3O)cc1F. The molecule has 8 bridgehead atoms. The third kappa shape index (κ3) is 21.7. The van der Waals surface area contributed by atoms with Gasteiger partial charge in [-0.15, -0.1) is 11.3 Å². The number of benzene rings is 4. The van der Waals surface area contributed by atoms with Crippen molar-refractivity contribution in [3.05, 3.63) is 194 Å².